The number of para-hydroxylation sites is 1. The first-order valence-electron chi connectivity index (χ1n) is 10.4. The topological polar surface area (TPSA) is 85.3 Å². The Kier molecular flexibility index (Phi) is 6.11. The van der Waals surface area contributed by atoms with Crippen LogP contribution in [-0.2, 0) is 4.79 Å². The first kappa shape index (κ1) is 20.4. The van der Waals surface area contributed by atoms with Gasteiger partial charge in [-0.3, -0.25) is 4.79 Å². The Morgan fingerprint density at radius 3 is 2.65 bits per heavy atom. The average molecular weight is 410 g/mol. The molecule has 0 aliphatic heterocycles. The molecule has 4 rings (SSSR count). The predicted molar refractivity (Wildman–Crippen MR) is 123 cm³/mol. The van der Waals surface area contributed by atoms with Crippen LogP contribution in [0.3, 0.4) is 0 Å². The summed E-state index contributed by atoms with van der Waals surface area (Å²) in [5.74, 6) is 0.0651. The van der Waals surface area contributed by atoms with Gasteiger partial charge in [0.15, 0.2) is 6.04 Å². The molecule has 5 nitrogen and oxygen atoms in total. The highest BCUT2D eigenvalue weighted by Gasteiger charge is 2.23. The maximum atomic E-state index is 12.7. The number of nitrogens with one attached hydrogen (secondary N) is 2. The van der Waals surface area contributed by atoms with Gasteiger partial charge in [-0.1, -0.05) is 54.6 Å². The largest absolute Gasteiger partial charge is 0.361 e. The summed E-state index contributed by atoms with van der Waals surface area (Å²) in [5, 5.41) is 15.2. The Morgan fingerprint density at radius 2 is 1.84 bits per heavy atom. The van der Waals surface area contributed by atoms with Gasteiger partial charge in [0.25, 0.3) is 5.91 Å². The van der Waals surface area contributed by atoms with Crippen LogP contribution < -0.4 is 10.6 Å². The number of nitrogens with zero attached hydrogens (tertiary/aromatic N) is 1. The van der Waals surface area contributed by atoms with Gasteiger partial charge in [-0.05, 0) is 42.3 Å². The molecule has 0 spiro atoms. The Bertz CT molecular complexity index is 1220. The van der Waals surface area contributed by atoms with Crippen LogP contribution in [0.25, 0.3) is 10.9 Å². The standard InChI is InChI=1S/C26H24N4O/c1-18(26(31)30-21-11-7-8-19(14-21)15-27)28-16-23(20-9-3-2-4-10-20)24-17-29-25-13-6-5-12-22(24)25/h2-14,17-18,23,28-29H,16H2,1H3,(H,30,31)/p+1/t18-,23+/m1/s1. The molecule has 2 atom stereocenters. The first-order valence-corrected chi connectivity index (χ1v) is 10.4. The number of rotatable bonds is 7. The van der Waals surface area contributed by atoms with Gasteiger partial charge in [0.1, 0.15) is 0 Å². The van der Waals surface area contributed by atoms with Crippen LogP contribution in [0.4, 0.5) is 5.69 Å². The van der Waals surface area contributed by atoms with Crippen LogP contribution in [0.15, 0.2) is 85.1 Å². The molecular weight excluding hydrogens is 384 g/mol. The molecule has 0 aliphatic rings. The summed E-state index contributed by atoms with van der Waals surface area (Å²) in [4.78, 5) is 16.1. The van der Waals surface area contributed by atoms with Crippen LogP contribution in [0.1, 0.15) is 29.5 Å². The minimum atomic E-state index is -0.276. The molecule has 1 amide bonds. The highest BCUT2D eigenvalue weighted by Crippen LogP contribution is 2.29. The molecule has 5 heteroatoms. The van der Waals surface area contributed by atoms with Gasteiger partial charge in [-0.15, -0.1) is 0 Å². The second-order valence-electron chi connectivity index (χ2n) is 7.69. The van der Waals surface area contributed by atoms with Gasteiger partial charge in [0.2, 0.25) is 0 Å². The molecule has 31 heavy (non-hydrogen) atoms. The van der Waals surface area contributed by atoms with E-state index in [0.717, 1.165) is 12.1 Å². The molecule has 0 saturated heterocycles. The van der Waals surface area contributed by atoms with E-state index in [4.69, 9.17) is 5.26 Å². The van der Waals surface area contributed by atoms with Gasteiger partial charge in [0.05, 0.1) is 24.1 Å². The van der Waals surface area contributed by atoms with Gasteiger partial charge >= 0.3 is 0 Å². The van der Waals surface area contributed by atoms with Crippen molar-refractivity contribution in [3.05, 3.63) is 102 Å². The van der Waals surface area contributed by atoms with E-state index >= 15 is 0 Å². The van der Waals surface area contributed by atoms with Gasteiger partial charge in [-0.25, -0.2) is 0 Å². The van der Waals surface area contributed by atoms with Crippen molar-refractivity contribution < 1.29 is 10.1 Å². The molecular formula is C26H25N4O+. The second kappa shape index (κ2) is 9.29. The predicted octanol–water partition coefficient (Wildman–Crippen LogP) is 3.76. The van der Waals surface area contributed by atoms with Crippen molar-refractivity contribution in [1.29, 1.82) is 5.26 Å². The third-order valence-corrected chi connectivity index (χ3v) is 5.60. The fourth-order valence-electron chi connectivity index (χ4n) is 3.88. The van der Waals surface area contributed by atoms with Crippen LogP contribution >= 0.6 is 0 Å². The number of aromatic nitrogens is 1. The van der Waals surface area contributed by atoms with Crippen LogP contribution in [-0.4, -0.2) is 23.5 Å². The van der Waals surface area contributed by atoms with E-state index in [1.165, 1.54) is 16.5 Å². The molecule has 1 aromatic heterocycles. The Morgan fingerprint density at radius 1 is 1.06 bits per heavy atom. The maximum absolute atomic E-state index is 12.7. The number of hydrogen-bond donors (Lipinski definition) is 3. The summed E-state index contributed by atoms with van der Waals surface area (Å²) in [6.45, 7) is 2.64. The number of carbonyl (C=O) groups is 1. The third-order valence-electron chi connectivity index (χ3n) is 5.60. The zero-order valence-corrected chi connectivity index (χ0v) is 17.4. The normalized spacial score (nSPS) is 12.8. The van der Waals surface area contributed by atoms with E-state index < -0.39 is 0 Å². The number of benzene rings is 3. The van der Waals surface area contributed by atoms with E-state index in [1.807, 2.05) is 19.1 Å². The number of H-pyrrole nitrogens is 1. The van der Waals surface area contributed by atoms with Gasteiger partial charge in [0, 0.05) is 22.8 Å². The lowest BCUT2D eigenvalue weighted by Gasteiger charge is -2.19. The summed E-state index contributed by atoms with van der Waals surface area (Å²) in [7, 11) is 0. The zero-order chi connectivity index (χ0) is 21.6. The number of hydrogen-bond acceptors (Lipinski definition) is 2. The Hall–Kier alpha value is -3.88. The summed E-state index contributed by atoms with van der Waals surface area (Å²) in [6, 6.07) is 27.5. The SMILES string of the molecule is C[C@@H]([NH2+]C[C@@H](c1ccccc1)c1c[nH]c2ccccc12)C(=O)Nc1cccc(C#N)c1. The van der Waals surface area contributed by atoms with Crippen molar-refractivity contribution >= 4 is 22.5 Å². The third kappa shape index (κ3) is 4.66. The number of quaternary nitrogens is 1. The average Bonchev–Trinajstić information content (AvgIpc) is 3.24. The summed E-state index contributed by atoms with van der Waals surface area (Å²) in [6.07, 6.45) is 2.08. The summed E-state index contributed by atoms with van der Waals surface area (Å²) in [5.41, 5.74) is 4.73. The van der Waals surface area contributed by atoms with Crippen molar-refractivity contribution in [3.8, 4) is 6.07 Å². The lowest BCUT2D eigenvalue weighted by molar-refractivity contribution is -0.674. The molecule has 4 aromatic rings. The van der Waals surface area contributed by atoms with E-state index in [1.54, 1.807) is 24.3 Å². The van der Waals surface area contributed by atoms with E-state index in [2.05, 4.69) is 70.3 Å². The molecule has 0 aliphatic carbocycles. The Balaban J connectivity index is 1.51. The molecule has 0 unspecified atom stereocenters. The molecule has 3 aromatic carbocycles. The molecule has 0 saturated carbocycles. The number of fused-ring (bicyclic) bond motifs is 1. The lowest BCUT2D eigenvalue weighted by Crippen LogP contribution is -2.92. The fraction of sp³-hybridized carbons (Fsp3) is 0.154. The zero-order valence-electron chi connectivity index (χ0n) is 17.4. The Labute approximate surface area is 181 Å². The number of aromatic amines is 1. The van der Waals surface area contributed by atoms with Crippen molar-refractivity contribution in [1.82, 2.24) is 4.98 Å². The minimum Gasteiger partial charge on any atom is -0.361 e. The minimum absolute atomic E-state index is 0.0826. The van der Waals surface area contributed by atoms with Crippen molar-refractivity contribution in [2.24, 2.45) is 0 Å². The number of anilines is 1. The highest BCUT2D eigenvalue weighted by molar-refractivity contribution is 5.93. The molecule has 0 radical (unpaired) electrons. The van der Waals surface area contributed by atoms with Crippen molar-refractivity contribution in [2.45, 2.75) is 18.9 Å². The molecule has 1 heterocycles. The summed E-state index contributed by atoms with van der Waals surface area (Å²) >= 11 is 0. The fourth-order valence-corrected chi connectivity index (χ4v) is 3.88. The van der Waals surface area contributed by atoms with E-state index in [0.29, 0.717) is 11.3 Å². The van der Waals surface area contributed by atoms with E-state index in [9.17, 15) is 4.79 Å². The quantitative estimate of drug-likeness (QED) is 0.434. The highest BCUT2D eigenvalue weighted by atomic mass is 16.2. The molecule has 0 fully saturated rings. The monoisotopic (exact) mass is 409 g/mol. The molecule has 154 valence electrons. The van der Waals surface area contributed by atoms with Crippen LogP contribution in [0.5, 0.6) is 0 Å². The number of carbonyl (C=O) groups excluding carboxylic acids is 1. The maximum Gasteiger partial charge on any atom is 0.282 e. The van der Waals surface area contributed by atoms with Gasteiger partial charge in [-0.2, -0.15) is 5.26 Å². The number of amides is 1. The first-order chi connectivity index (χ1) is 15.2. The number of nitriles is 1. The second-order valence-corrected chi connectivity index (χ2v) is 7.69. The van der Waals surface area contributed by atoms with E-state index in [-0.39, 0.29) is 17.9 Å². The number of nitrogens with two attached hydrogens (primary N) is 1. The van der Waals surface area contributed by atoms with Crippen LogP contribution in [0, 0.1) is 11.3 Å². The van der Waals surface area contributed by atoms with Crippen molar-refractivity contribution in [2.75, 3.05) is 11.9 Å². The summed E-state index contributed by atoms with van der Waals surface area (Å²) < 4.78 is 0. The molecule has 0 bridgehead atoms. The van der Waals surface area contributed by atoms with Gasteiger partial charge < -0.3 is 15.6 Å². The molecule has 4 N–H and O–H groups in total. The van der Waals surface area contributed by atoms with Crippen molar-refractivity contribution in [3.63, 3.8) is 0 Å². The lowest BCUT2D eigenvalue weighted by atomic mass is 9.90. The smallest absolute Gasteiger partial charge is 0.282 e. The van der Waals surface area contributed by atoms with Crippen LogP contribution in [0.2, 0.25) is 0 Å².